The van der Waals surface area contributed by atoms with Gasteiger partial charge < -0.3 is 15.3 Å². The highest BCUT2D eigenvalue weighted by atomic mass is 32.1. The largest absolute Gasteiger partial charge is 0.395 e. The van der Waals surface area contributed by atoms with E-state index in [9.17, 15) is 4.79 Å². The van der Waals surface area contributed by atoms with Crippen molar-refractivity contribution in [1.29, 1.82) is 0 Å². The molecule has 21 heavy (non-hydrogen) atoms. The Morgan fingerprint density at radius 3 is 2.90 bits per heavy atom. The van der Waals surface area contributed by atoms with Crippen LogP contribution in [0.2, 0.25) is 0 Å². The molecular weight excluding hydrogens is 286 g/mol. The minimum absolute atomic E-state index is 0.0420. The molecule has 2 N–H and O–H groups in total. The Hall–Kier alpha value is -1.92. The summed E-state index contributed by atoms with van der Waals surface area (Å²) in [7, 11) is 0. The number of amides is 2. The third-order valence-corrected chi connectivity index (χ3v) is 4.03. The van der Waals surface area contributed by atoms with Crippen LogP contribution in [0.15, 0.2) is 29.6 Å². The maximum absolute atomic E-state index is 12.1. The van der Waals surface area contributed by atoms with E-state index in [1.807, 2.05) is 43.5 Å². The van der Waals surface area contributed by atoms with Crippen molar-refractivity contribution < 1.29 is 9.90 Å². The molecule has 1 aromatic carbocycles. The number of hydrogen-bond donors (Lipinski definition) is 2. The molecule has 0 spiro atoms. The zero-order chi connectivity index (χ0) is 15.2. The van der Waals surface area contributed by atoms with Gasteiger partial charge in [-0.15, -0.1) is 11.3 Å². The number of likely N-dealkylation sites (N-methyl/N-ethyl adjacent to an activating group) is 1. The van der Waals surface area contributed by atoms with Crippen molar-refractivity contribution >= 4 is 23.1 Å². The third-order valence-electron chi connectivity index (χ3n) is 3.02. The number of benzene rings is 1. The maximum Gasteiger partial charge on any atom is 0.321 e. The molecule has 1 heterocycles. The number of hydrogen-bond acceptors (Lipinski definition) is 4. The van der Waals surface area contributed by atoms with Gasteiger partial charge in [0.1, 0.15) is 5.01 Å². The molecule has 0 bridgehead atoms. The fraction of sp³-hybridized carbons (Fsp3) is 0.333. The number of anilines is 1. The molecular formula is C15H19N3O2S. The van der Waals surface area contributed by atoms with Gasteiger partial charge in [-0.1, -0.05) is 12.1 Å². The molecule has 0 radical (unpaired) electrons. The normalized spacial score (nSPS) is 10.4. The van der Waals surface area contributed by atoms with Gasteiger partial charge in [0.2, 0.25) is 0 Å². The van der Waals surface area contributed by atoms with E-state index in [2.05, 4.69) is 10.3 Å². The molecule has 1 aromatic heterocycles. The van der Waals surface area contributed by atoms with Crippen LogP contribution >= 0.6 is 11.3 Å². The predicted octanol–water partition coefficient (Wildman–Crippen LogP) is 2.96. The Morgan fingerprint density at radius 2 is 2.29 bits per heavy atom. The summed E-state index contributed by atoms with van der Waals surface area (Å²) in [6, 6.07) is 7.40. The highest BCUT2D eigenvalue weighted by Gasteiger charge is 2.11. The Kier molecular flexibility index (Phi) is 5.30. The highest BCUT2D eigenvalue weighted by molar-refractivity contribution is 7.13. The van der Waals surface area contributed by atoms with Crippen LogP contribution in [0.3, 0.4) is 0 Å². The van der Waals surface area contributed by atoms with Crippen molar-refractivity contribution in [3.05, 3.63) is 35.3 Å². The van der Waals surface area contributed by atoms with Crippen LogP contribution in [0.1, 0.15) is 12.6 Å². The van der Waals surface area contributed by atoms with Crippen LogP contribution in [-0.2, 0) is 0 Å². The predicted molar refractivity (Wildman–Crippen MR) is 85.6 cm³/mol. The van der Waals surface area contributed by atoms with Gasteiger partial charge in [0.15, 0.2) is 0 Å². The van der Waals surface area contributed by atoms with Crippen molar-refractivity contribution in [2.24, 2.45) is 0 Å². The van der Waals surface area contributed by atoms with Crippen LogP contribution in [0, 0.1) is 6.92 Å². The fourth-order valence-electron chi connectivity index (χ4n) is 1.94. The molecule has 0 aliphatic heterocycles. The minimum Gasteiger partial charge on any atom is -0.395 e. The van der Waals surface area contributed by atoms with Crippen LogP contribution in [0.25, 0.3) is 10.6 Å². The quantitative estimate of drug-likeness (QED) is 0.892. The number of nitrogens with one attached hydrogen (secondary N) is 1. The van der Waals surface area contributed by atoms with E-state index >= 15 is 0 Å². The molecule has 2 amide bonds. The van der Waals surface area contributed by atoms with Crippen molar-refractivity contribution in [2.45, 2.75) is 13.8 Å². The van der Waals surface area contributed by atoms with Gasteiger partial charge in [-0.25, -0.2) is 9.78 Å². The Morgan fingerprint density at radius 1 is 1.48 bits per heavy atom. The molecule has 0 aliphatic rings. The molecule has 0 unspecified atom stereocenters. The SMILES string of the molecule is CCN(CCO)C(=O)Nc1cccc(-c2nc(C)cs2)c1. The van der Waals surface area contributed by atoms with E-state index < -0.39 is 0 Å². The Labute approximate surface area is 128 Å². The highest BCUT2D eigenvalue weighted by Crippen LogP contribution is 2.25. The summed E-state index contributed by atoms with van der Waals surface area (Å²) in [5.74, 6) is 0. The standard InChI is InChI=1S/C15H19N3O2S/c1-3-18(7-8-19)15(20)17-13-6-4-5-12(9-13)14-16-11(2)10-21-14/h4-6,9-10,19H,3,7-8H2,1-2H3,(H,17,20). The molecule has 0 fully saturated rings. The number of nitrogens with zero attached hydrogens (tertiary/aromatic N) is 2. The summed E-state index contributed by atoms with van der Waals surface area (Å²) in [6.07, 6.45) is 0. The lowest BCUT2D eigenvalue weighted by Gasteiger charge is -2.20. The van der Waals surface area contributed by atoms with Gasteiger partial charge >= 0.3 is 6.03 Å². The van der Waals surface area contributed by atoms with Gasteiger partial charge in [0.25, 0.3) is 0 Å². The summed E-state index contributed by atoms with van der Waals surface area (Å²) >= 11 is 1.58. The molecule has 6 heteroatoms. The number of thiazole rings is 1. The Bertz CT molecular complexity index is 612. The van der Waals surface area contributed by atoms with E-state index in [0.29, 0.717) is 13.1 Å². The summed E-state index contributed by atoms with van der Waals surface area (Å²) < 4.78 is 0. The number of carbonyl (C=O) groups is 1. The zero-order valence-corrected chi connectivity index (χ0v) is 13.0. The number of rotatable bonds is 5. The van der Waals surface area contributed by atoms with Crippen molar-refractivity contribution in [3.8, 4) is 10.6 Å². The smallest absolute Gasteiger partial charge is 0.321 e. The topological polar surface area (TPSA) is 65.5 Å². The molecule has 112 valence electrons. The Balaban J connectivity index is 2.12. The van der Waals surface area contributed by atoms with Crippen LogP contribution in [0.4, 0.5) is 10.5 Å². The second kappa shape index (κ2) is 7.19. The maximum atomic E-state index is 12.1. The number of urea groups is 1. The monoisotopic (exact) mass is 305 g/mol. The van der Waals surface area contributed by atoms with Crippen LogP contribution in [-0.4, -0.2) is 40.7 Å². The van der Waals surface area contributed by atoms with Crippen LogP contribution in [0.5, 0.6) is 0 Å². The second-order valence-electron chi connectivity index (χ2n) is 4.61. The van der Waals surface area contributed by atoms with Gasteiger partial charge in [0, 0.05) is 35.4 Å². The lowest BCUT2D eigenvalue weighted by molar-refractivity contribution is 0.192. The van der Waals surface area contributed by atoms with Gasteiger partial charge in [-0.2, -0.15) is 0 Å². The van der Waals surface area contributed by atoms with E-state index in [0.717, 1.165) is 22.0 Å². The van der Waals surface area contributed by atoms with Gasteiger partial charge in [-0.3, -0.25) is 0 Å². The number of aryl methyl sites for hydroxylation is 1. The average molecular weight is 305 g/mol. The van der Waals surface area contributed by atoms with Gasteiger partial charge in [0.05, 0.1) is 6.61 Å². The molecule has 2 aromatic rings. The average Bonchev–Trinajstić information content (AvgIpc) is 2.91. The molecule has 0 saturated heterocycles. The third kappa shape index (κ3) is 4.03. The van der Waals surface area contributed by atoms with Gasteiger partial charge in [-0.05, 0) is 26.0 Å². The number of carbonyl (C=O) groups excluding carboxylic acids is 1. The van der Waals surface area contributed by atoms with Crippen molar-refractivity contribution in [1.82, 2.24) is 9.88 Å². The molecule has 0 saturated carbocycles. The lowest BCUT2D eigenvalue weighted by Crippen LogP contribution is -2.36. The number of aliphatic hydroxyl groups is 1. The van der Waals surface area contributed by atoms with E-state index in [-0.39, 0.29) is 12.6 Å². The second-order valence-corrected chi connectivity index (χ2v) is 5.47. The molecule has 0 aliphatic carbocycles. The number of aromatic nitrogens is 1. The van der Waals surface area contributed by atoms with E-state index in [4.69, 9.17) is 5.11 Å². The summed E-state index contributed by atoms with van der Waals surface area (Å²) in [4.78, 5) is 18.1. The number of aliphatic hydroxyl groups excluding tert-OH is 1. The van der Waals surface area contributed by atoms with E-state index in [1.54, 1.807) is 16.2 Å². The summed E-state index contributed by atoms with van der Waals surface area (Å²) in [5.41, 5.74) is 2.70. The van der Waals surface area contributed by atoms with E-state index in [1.165, 1.54) is 0 Å². The van der Waals surface area contributed by atoms with Crippen LogP contribution < -0.4 is 5.32 Å². The first-order valence-electron chi connectivity index (χ1n) is 6.83. The molecule has 5 nitrogen and oxygen atoms in total. The lowest BCUT2D eigenvalue weighted by atomic mass is 10.2. The van der Waals surface area contributed by atoms with Crippen molar-refractivity contribution in [2.75, 3.05) is 25.0 Å². The molecule has 0 atom stereocenters. The van der Waals surface area contributed by atoms with Crippen molar-refractivity contribution in [3.63, 3.8) is 0 Å². The summed E-state index contributed by atoms with van der Waals surface area (Å²) in [5, 5.41) is 14.7. The first-order chi connectivity index (χ1) is 10.1. The first kappa shape index (κ1) is 15.5. The zero-order valence-electron chi connectivity index (χ0n) is 12.2. The first-order valence-corrected chi connectivity index (χ1v) is 7.71. The minimum atomic E-state index is -0.209. The summed E-state index contributed by atoms with van der Waals surface area (Å²) in [6.45, 7) is 4.68. The fourth-order valence-corrected chi connectivity index (χ4v) is 2.74. The molecule has 2 rings (SSSR count).